The Labute approximate surface area is 128 Å². The Morgan fingerprint density at radius 3 is 2.81 bits per heavy atom. The van der Waals surface area contributed by atoms with Gasteiger partial charge in [-0.3, -0.25) is 4.90 Å². The van der Waals surface area contributed by atoms with Gasteiger partial charge in [0.05, 0.1) is 25.5 Å². The number of nitrogens with zero attached hydrogens (tertiary/aromatic N) is 1. The molecule has 1 N–H and O–H groups in total. The lowest BCUT2D eigenvalue weighted by Crippen LogP contribution is -2.47. The summed E-state index contributed by atoms with van der Waals surface area (Å²) in [6.07, 6.45) is 3.30. The molecule has 0 bridgehead atoms. The van der Waals surface area contributed by atoms with Crippen LogP contribution in [0, 0.1) is 0 Å². The molecule has 0 aliphatic carbocycles. The number of ether oxygens (including phenoxy) is 1. The number of nitrogens with one attached hydrogen (secondary N) is 1. The van der Waals surface area contributed by atoms with Gasteiger partial charge in [-0.05, 0) is 40.2 Å². The minimum Gasteiger partial charge on any atom is -0.468 e. The van der Waals surface area contributed by atoms with Gasteiger partial charge in [0.25, 0.3) is 0 Å². The van der Waals surface area contributed by atoms with Gasteiger partial charge in [0, 0.05) is 30.2 Å². The summed E-state index contributed by atoms with van der Waals surface area (Å²) < 4.78 is 11.5. The molecule has 1 aliphatic heterocycles. The van der Waals surface area contributed by atoms with Gasteiger partial charge in [-0.25, -0.2) is 0 Å². The lowest BCUT2D eigenvalue weighted by molar-refractivity contribution is -0.0610. The summed E-state index contributed by atoms with van der Waals surface area (Å²) >= 11 is 0. The first kappa shape index (κ1) is 16.5. The highest BCUT2D eigenvalue weighted by atomic mass is 16.5. The Morgan fingerprint density at radius 1 is 1.38 bits per heavy atom. The second-order valence-electron chi connectivity index (χ2n) is 7.16. The highest BCUT2D eigenvalue weighted by Crippen LogP contribution is 2.19. The van der Waals surface area contributed by atoms with Crippen LogP contribution in [0.4, 0.5) is 0 Å². The van der Waals surface area contributed by atoms with Gasteiger partial charge in [0.2, 0.25) is 0 Å². The van der Waals surface area contributed by atoms with E-state index in [0.717, 1.165) is 38.4 Å². The second kappa shape index (κ2) is 6.95. The first-order valence-corrected chi connectivity index (χ1v) is 8.04. The summed E-state index contributed by atoms with van der Waals surface area (Å²) in [5, 5.41) is 3.49. The van der Waals surface area contributed by atoms with Crippen molar-refractivity contribution in [2.24, 2.45) is 0 Å². The molecule has 0 saturated carbocycles. The predicted molar refractivity (Wildman–Crippen MR) is 85.2 cm³/mol. The molecule has 1 fully saturated rings. The average molecular weight is 294 g/mol. The lowest BCUT2D eigenvalue weighted by Gasteiger charge is -2.37. The molecular weight excluding hydrogens is 264 g/mol. The van der Waals surface area contributed by atoms with E-state index in [9.17, 15) is 0 Å². The Kier molecular flexibility index (Phi) is 5.47. The highest BCUT2D eigenvalue weighted by molar-refractivity contribution is 5.13. The van der Waals surface area contributed by atoms with Crippen molar-refractivity contribution >= 4 is 0 Å². The van der Waals surface area contributed by atoms with Crippen LogP contribution in [0.2, 0.25) is 0 Å². The van der Waals surface area contributed by atoms with Crippen molar-refractivity contribution < 1.29 is 9.15 Å². The molecule has 2 heterocycles. The Bertz CT molecular complexity index is 436. The molecule has 1 saturated heterocycles. The molecule has 2 unspecified atom stereocenters. The normalized spacial score (nSPS) is 24.4. The number of hydrogen-bond donors (Lipinski definition) is 1. The van der Waals surface area contributed by atoms with Crippen molar-refractivity contribution in [2.45, 2.75) is 71.8 Å². The van der Waals surface area contributed by atoms with E-state index in [0.29, 0.717) is 12.1 Å². The standard InChI is InChI=1S/C17H30N2O2/c1-6-15-12-20-13(2)9-19(15)10-16-7-14(11-21-16)8-18-17(3,4)5/h7,11,13,15,18H,6,8-10,12H2,1-5H3. The highest BCUT2D eigenvalue weighted by Gasteiger charge is 2.26. The van der Waals surface area contributed by atoms with E-state index >= 15 is 0 Å². The molecule has 2 rings (SSSR count). The molecule has 0 amide bonds. The fraction of sp³-hybridized carbons (Fsp3) is 0.765. The van der Waals surface area contributed by atoms with Crippen LogP contribution < -0.4 is 5.32 Å². The number of furan rings is 1. The van der Waals surface area contributed by atoms with Gasteiger partial charge in [-0.1, -0.05) is 6.92 Å². The molecule has 1 aromatic rings. The molecule has 21 heavy (non-hydrogen) atoms. The monoisotopic (exact) mass is 294 g/mol. The maximum atomic E-state index is 5.75. The van der Waals surface area contributed by atoms with Gasteiger partial charge in [-0.2, -0.15) is 0 Å². The minimum absolute atomic E-state index is 0.129. The summed E-state index contributed by atoms with van der Waals surface area (Å²) in [6, 6.07) is 2.67. The molecule has 120 valence electrons. The molecule has 4 heteroatoms. The van der Waals surface area contributed by atoms with Crippen molar-refractivity contribution in [1.82, 2.24) is 10.2 Å². The zero-order chi connectivity index (χ0) is 15.5. The summed E-state index contributed by atoms with van der Waals surface area (Å²) in [6.45, 7) is 14.4. The van der Waals surface area contributed by atoms with Crippen LogP contribution in [-0.2, 0) is 17.8 Å². The first-order chi connectivity index (χ1) is 9.87. The van der Waals surface area contributed by atoms with Crippen LogP contribution in [0.15, 0.2) is 16.7 Å². The van der Waals surface area contributed by atoms with E-state index in [1.807, 2.05) is 6.26 Å². The fourth-order valence-corrected chi connectivity index (χ4v) is 2.65. The molecule has 0 radical (unpaired) electrons. The molecule has 0 aromatic carbocycles. The van der Waals surface area contributed by atoms with Crippen LogP contribution in [-0.4, -0.2) is 35.7 Å². The maximum Gasteiger partial charge on any atom is 0.118 e. The van der Waals surface area contributed by atoms with E-state index < -0.39 is 0 Å². The molecule has 1 aromatic heterocycles. The lowest BCUT2D eigenvalue weighted by atomic mass is 10.1. The predicted octanol–water partition coefficient (Wildman–Crippen LogP) is 3.17. The van der Waals surface area contributed by atoms with E-state index in [-0.39, 0.29) is 5.54 Å². The number of rotatable bonds is 5. The second-order valence-corrected chi connectivity index (χ2v) is 7.16. The topological polar surface area (TPSA) is 37.6 Å². The van der Waals surface area contributed by atoms with E-state index in [1.165, 1.54) is 5.56 Å². The van der Waals surface area contributed by atoms with Crippen molar-refractivity contribution in [1.29, 1.82) is 0 Å². The third-order valence-electron chi connectivity index (χ3n) is 3.94. The van der Waals surface area contributed by atoms with Crippen LogP contribution >= 0.6 is 0 Å². The first-order valence-electron chi connectivity index (χ1n) is 8.04. The third-order valence-corrected chi connectivity index (χ3v) is 3.94. The number of hydrogen-bond acceptors (Lipinski definition) is 4. The summed E-state index contributed by atoms with van der Waals surface area (Å²) in [4.78, 5) is 2.48. The SMILES string of the molecule is CCC1COC(C)CN1Cc1cc(CNC(C)(C)C)co1. The molecule has 1 aliphatic rings. The van der Waals surface area contributed by atoms with Crippen molar-refractivity contribution in [3.8, 4) is 0 Å². The maximum absolute atomic E-state index is 5.75. The molecular formula is C17H30N2O2. The van der Waals surface area contributed by atoms with Gasteiger partial charge in [0.1, 0.15) is 5.76 Å². The Balaban J connectivity index is 1.91. The smallest absolute Gasteiger partial charge is 0.118 e. The van der Waals surface area contributed by atoms with Crippen molar-refractivity contribution in [3.05, 3.63) is 23.7 Å². The van der Waals surface area contributed by atoms with Crippen molar-refractivity contribution in [2.75, 3.05) is 13.2 Å². The van der Waals surface area contributed by atoms with Gasteiger partial charge in [-0.15, -0.1) is 0 Å². The fourth-order valence-electron chi connectivity index (χ4n) is 2.65. The summed E-state index contributed by atoms with van der Waals surface area (Å²) in [7, 11) is 0. The third kappa shape index (κ3) is 5.13. The summed E-state index contributed by atoms with van der Waals surface area (Å²) in [5.41, 5.74) is 1.35. The quantitative estimate of drug-likeness (QED) is 0.905. The van der Waals surface area contributed by atoms with Gasteiger partial charge >= 0.3 is 0 Å². The number of morpholine rings is 1. The average Bonchev–Trinajstić information content (AvgIpc) is 2.84. The Hall–Kier alpha value is -0.840. The van der Waals surface area contributed by atoms with E-state index in [4.69, 9.17) is 9.15 Å². The largest absolute Gasteiger partial charge is 0.468 e. The summed E-state index contributed by atoms with van der Waals surface area (Å²) in [5.74, 6) is 1.05. The van der Waals surface area contributed by atoms with Crippen LogP contribution in [0.1, 0.15) is 52.4 Å². The molecule has 4 nitrogen and oxygen atoms in total. The van der Waals surface area contributed by atoms with Crippen LogP contribution in [0.5, 0.6) is 0 Å². The van der Waals surface area contributed by atoms with Crippen LogP contribution in [0.3, 0.4) is 0 Å². The molecule has 2 atom stereocenters. The zero-order valence-electron chi connectivity index (χ0n) is 14.1. The van der Waals surface area contributed by atoms with Crippen molar-refractivity contribution in [3.63, 3.8) is 0 Å². The van der Waals surface area contributed by atoms with Gasteiger partial charge < -0.3 is 14.5 Å². The minimum atomic E-state index is 0.129. The van der Waals surface area contributed by atoms with Crippen LogP contribution in [0.25, 0.3) is 0 Å². The zero-order valence-corrected chi connectivity index (χ0v) is 14.1. The van der Waals surface area contributed by atoms with Gasteiger partial charge in [0.15, 0.2) is 0 Å². The Morgan fingerprint density at radius 2 is 2.14 bits per heavy atom. The van der Waals surface area contributed by atoms with E-state index in [2.05, 4.69) is 50.9 Å². The van der Waals surface area contributed by atoms with E-state index in [1.54, 1.807) is 0 Å². The molecule has 0 spiro atoms.